The summed E-state index contributed by atoms with van der Waals surface area (Å²) in [6.07, 6.45) is 1.26. The third kappa shape index (κ3) is 3.97. The first-order valence-corrected chi connectivity index (χ1v) is 9.27. The molecule has 134 valence electrons. The lowest BCUT2D eigenvalue weighted by Gasteiger charge is -2.26. The van der Waals surface area contributed by atoms with E-state index in [9.17, 15) is 0 Å². The smallest absolute Gasteiger partial charge is 0.0634 e. The highest BCUT2D eigenvalue weighted by Crippen LogP contribution is 2.35. The van der Waals surface area contributed by atoms with Gasteiger partial charge in [0.15, 0.2) is 0 Å². The molecule has 0 amide bonds. The van der Waals surface area contributed by atoms with Gasteiger partial charge >= 0.3 is 0 Å². The molecule has 0 aliphatic carbocycles. The van der Waals surface area contributed by atoms with Crippen molar-refractivity contribution in [1.82, 2.24) is 0 Å². The molecule has 0 radical (unpaired) electrons. The summed E-state index contributed by atoms with van der Waals surface area (Å²) in [5, 5.41) is 0. The van der Waals surface area contributed by atoms with Crippen LogP contribution in [0.15, 0.2) is 84.9 Å². The molecule has 0 fully saturated rings. The van der Waals surface area contributed by atoms with E-state index in [4.69, 9.17) is 4.74 Å². The van der Waals surface area contributed by atoms with Crippen LogP contribution < -0.4 is 4.90 Å². The van der Waals surface area contributed by atoms with E-state index in [1.54, 1.807) is 7.11 Å². The number of hydrogen-bond donors (Lipinski definition) is 0. The molecule has 0 N–H and O–H groups in total. The van der Waals surface area contributed by atoms with Gasteiger partial charge in [-0.25, -0.2) is 0 Å². The number of ether oxygens (including phenoxy) is 1. The lowest BCUT2D eigenvalue weighted by atomic mass is 9.93. The summed E-state index contributed by atoms with van der Waals surface area (Å²) in [6.45, 7) is 4.41. The number of benzene rings is 3. The SMILES string of the molecule is CCC(OC)C(C)c1ccc(N(c2ccccc2)c2ccccc2)cc1. The van der Waals surface area contributed by atoms with Crippen molar-refractivity contribution in [2.75, 3.05) is 12.0 Å². The number of hydrogen-bond acceptors (Lipinski definition) is 2. The number of rotatable bonds is 7. The van der Waals surface area contributed by atoms with Crippen molar-refractivity contribution in [3.05, 3.63) is 90.5 Å². The monoisotopic (exact) mass is 345 g/mol. The van der Waals surface area contributed by atoms with Crippen LogP contribution in [0.1, 0.15) is 31.7 Å². The molecule has 0 aromatic heterocycles. The summed E-state index contributed by atoms with van der Waals surface area (Å²) in [4.78, 5) is 2.28. The molecule has 26 heavy (non-hydrogen) atoms. The lowest BCUT2D eigenvalue weighted by Crippen LogP contribution is -2.17. The van der Waals surface area contributed by atoms with E-state index >= 15 is 0 Å². The van der Waals surface area contributed by atoms with Crippen molar-refractivity contribution in [3.8, 4) is 0 Å². The van der Waals surface area contributed by atoms with Crippen molar-refractivity contribution in [2.45, 2.75) is 32.3 Å². The van der Waals surface area contributed by atoms with Gasteiger partial charge in [0.05, 0.1) is 6.10 Å². The second kappa shape index (κ2) is 8.68. The molecule has 0 saturated heterocycles. The van der Waals surface area contributed by atoms with E-state index in [0.717, 1.165) is 23.5 Å². The fourth-order valence-corrected chi connectivity index (χ4v) is 3.47. The Bertz CT molecular complexity index is 740. The zero-order valence-corrected chi connectivity index (χ0v) is 15.8. The van der Waals surface area contributed by atoms with Crippen molar-refractivity contribution in [1.29, 1.82) is 0 Å². The minimum Gasteiger partial charge on any atom is -0.381 e. The first kappa shape index (κ1) is 18.2. The Labute approximate surface area is 157 Å². The first-order chi connectivity index (χ1) is 12.7. The van der Waals surface area contributed by atoms with Crippen LogP contribution in [0.5, 0.6) is 0 Å². The average molecular weight is 345 g/mol. The summed E-state index contributed by atoms with van der Waals surface area (Å²) in [5.74, 6) is 0.376. The quantitative estimate of drug-likeness (QED) is 0.473. The molecule has 0 saturated carbocycles. The summed E-state index contributed by atoms with van der Waals surface area (Å²) in [7, 11) is 1.80. The zero-order chi connectivity index (χ0) is 18.4. The van der Waals surface area contributed by atoms with Gasteiger partial charge in [0.1, 0.15) is 0 Å². The van der Waals surface area contributed by atoms with Gasteiger partial charge in [0.25, 0.3) is 0 Å². The number of nitrogens with zero attached hydrogens (tertiary/aromatic N) is 1. The van der Waals surface area contributed by atoms with Crippen LogP contribution in [-0.2, 0) is 4.74 Å². The number of para-hydroxylation sites is 2. The maximum Gasteiger partial charge on any atom is 0.0634 e. The van der Waals surface area contributed by atoms with E-state index in [0.29, 0.717) is 5.92 Å². The molecule has 2 heteroatoms. The van der Waals surface area contributed by atoms with Crippen molar-refractivity contribution >= 4 is 17.1 Å². The third-order valence-electron chi connectivity index (χ3n) is 4.97. The molecule has 0 heterocycles. The first-order valence-electron chi connectivity index (χ1n) is 9.27. The van der Waals surface area contributed by atoms with Gasteiger partial charge < -0.3 is 9.64 Å². The highest BCUT2D eigenvalue weighted by Gasteiger charge is 2.17. The highest BCUT2D eigenvalue weighted by atomic mass is 16.5. The largest absolute Gasteiger partial charge is 0.381 e. The second-order valence-electron chi connectivity index (χ2n) is 6.57. The van der Waals surface area contributed by atoms with E-state index in [1.807, 2.05) is 12.1 Å². The number of methoxy groups -OCH3 is 1. The second-order valence-corrected chi connectivity index (χ2v) is 6.57. The van der Waals surface area contributed by atoms with Gasteiger partial charge in [-0.05, 0) is 48.4 Å². The molecule has 3 rings (SSSR count). The zero-order valence-electron chi connectivity index (χ0n) is 15.8. The van der Waals surface area contributed by atoms with E-state index in [-0.39, 0.29) is 6.10 Å². The van der Waals surface area contributed by atoms with E-state index in [1.165, 1.54) is 5.56 Å². The summed E-state index contributed by atoms with van der Waals surface area (Å²) in [6, 6.07) is 29.8. The molecule has 2 unspecified atom stereocenters. The van der Waals surface area contributed by atoms with Gasteiger partial charge in [-0.3, -0.25) is 0 Å². The Kier molecular flexibility index (Phi) is 6.08. The Hall–Kier alpha value is -2.58. The minimum atomic E-state index is 0.250. The molecule has 0 aliphatic rings. The van der Waals surface area contributed by atoms with Crippen LogP contribution in [0.4, 0.5) is 17.1 Å². The van der Waals surface area contributed by atoms with Gasteiger partial charge in [-0.1, -0.05) is 62.4 Å². The average Bonchev–Trinajstić information content (AvgIpc) is 2.71. The predicted molar refractivity (Wildman–Crippen MR) is 111 cm³/mol. The van der Waals surface area contributed by atoms with Crippen molar-refractivity contribution < 1.29 is 4.74 Å². The Morgan fingerprint density at radius 3 is 1.62 bits per heavy atom. The van der Waals surface area contributed by atoms with Gasteiger partial charge in [0.2, 0.25) is 0 Å². The predicted octanol–water partition coefficient (Wildman–Crippen LogP) is 6.68. The molecule has 0 spiro atoms. The van der Waals surface area contributed by atoms with E-state index in [2.05, 4.69) is 91.5 Å². The maximum absolute atomic E-state index is 5.62. The van der Waals surface area contributed by atoms with Gasteiger partial charge in [-0.2, -0.15) is 0 Å². The molecule has 3 aromatic carbocycles. The fraction of sp³-hybridized carbons (Fsp3) is 0.250. The molecule has 0 bridgehead atoms. The van der Waals surface area contributed by atoms with Crippen LogP contribution >= 0.6 is 0 Å². The van der Waals surface area contributed by atoms with Crippen LogP contribution in [0, 0.1) is 0 Å². The Balaban J connectivity index is 1.95. The van der Waals surface area contributed by atoms with Crippen molar-refractivity contribution in [3.63, 3.8) is 0 Å². The summed E-state index contributed by atoms with van der Waals surface area (Å²) < 4.78 is 5.62. The molecule has 0 aliphatic heterocycles. The van der Waals surface area contributed by atoms with Crippen LogP contribution in [-0.4, -0.2) is 13.2 Å². The fourth-order valence-electron chi connectivity index (χ4n) is 3.47. The van der Waals surface area contributed by atoms with Crippen LogP contribution in [0.3, 0.4) is 0 Å². The van der Waals surface area contributed by atoms with Gasteiger partial charge in [0, 0.05) is 30.1 Å². The maximum atomic E-state index is 5.62. The lowest BCUT2D eigenvalue weighted by molar-refractivity contribution is 0.0805. The van der Waals surface area contributed by atoms with Crippen LogP contribution in [0.2, 0.25) is 0 Å². The van der Waals surface area contributed by atoms with Gasteiger partial charge in [-0.15, -0.1) is 0 Å². The molecule has 2 nitrogen and oxygen atoms in total. The van der Waals surface area contributed by atoms with E-state index < -0.39 is 0 Å². The van der Waals surface area contributed by atoms with Crippen LogP contribution in [0.25, 0.3) is 0 Å². The molecule has 3 aromatic rings. The number of anilines is 3. The van der Waals surface area contributed by atoms with Crippen molar-refractivity contribution in [2.24, 2.45) is 0 Å². The summed E-state index contributed by atoms with van der Waals surface area (Å²) >= 11 is 0. The highest BCUT2D eigenvalue weighted by molar-refractivity contribution is 5.76. The Morgan fingerprint density at radius 2 is 1.19 bits per heavy atom. The summed E-state index contributed by atoms with van der Waals surface area (Å²) in [5.41, 5.74) is 4.78. The standard InChI is InChI=1S/C24H27NO/c1-4-24(26-3)19(2)20-15-17-23(18-16-20)25(21-11-7-5-8-12-21)22-13-9-6-10-14-22/h5-19,24H,4H2,1-3H3. The normalized spacial score (nSPS) is 13.2. The molecule has 2 atom stereocenters. The third-order valence-corrected chi connectivity index (χ3v) is 4.97. The minimum absolute atomic E-state index is 0.250. The topological polar surface area (TPSA) is 12.5 Å². The molecular formula is C24H27NO. The molecular weight excluding hydrogens is 318 g/mol. The Morgan fingerprint density at radius 1 is 0.731 bits per heavy atom.